The van der Waals surface area contributed by atoms with Crippen LogP contribution in [0.1, 0.15) is 6.42 Å². The van der Waals surface area contributed by atoms with Crippen LogP contribution in [0, 0.1) is 0 Å². The predicted octanol–water partition coefficient (Wildman–Crippen LogP) is -2.18. The van der Waals surface area contributed by atoms with Gasteiger partial charge in [-0.25, -0.2) is 8.42 Å². The first-order valence-corrected chi connectivity index (χ1v) is 7.79. The lowest BCUT2D eigenvalue weighted by atomic mass is 10.3. The molecule has 2 N–H and O–H groups in total. The second-order valence-electron chi connectivity index (χ2n) is 4.14. The molecule has 0 aromatic carbocycles. The van der Waals surface area contributed by atoms with Gasteiger partial charge in [-0.3, -0.25) is 19.3 Å². The van der Waals surface area contributed by atoms with E-state index in [1.54, 1.807) is 0 Å². The van der Waals surface area contributed by atoms with Gasteiger partial charge < -0.3 is 10.4 Å². The first kappa shape index (κ1) is 16.3. The average Bonchev–Trinajstić information content (AvgIpc) is 2.66. The number of nitrogens with zero attached hydrogens (tertiary/aromatic N) is 1. The van der Waals surface area contributed by atoms with Crippen LogP contribution in [0.4, 0.5) is 0 Å². The molecule has 0 bridgehead atoms. The van der Waals surface area contributed by atoms with Gasteiger partial charge in [-0.1, -0.05) is 0 Å². The minimum Gasteiger partial charge on any atom is -0.395 e. The molecule has 0 radical (unpaired) electrons. The lowest BCUT2D eigenvalue weighted by molar-refractivity contribution is -0.137. The highest BCUT2D eigenvalue weighted by Gasteiger charge is 2.23. The van der Waals surface area contributed by atoms with Crippen LogP contribution in [0.2, 0.25) is 0 Å². The fourth-order valence-corrected chi connectivity index (χ4v) is 2.44. The fourth-order valence-electron chi connectivity index (χ4n) is 1.54. The molecule has 9 heteroatoms. The van der Waals surface area contributed by atoms with E-state index < -0.39 is 34.2 Å². The number of hydrogen-bond donors (Lipinski definition) is 2. The number of amides is 3. The Bertz CT molecular complexity index is 507. The maximum atomic E-state index is 11.4. The monoisotopic (exact) mass is 304 g/mol. The Hall–Kier alpha value is -1.74. The van der Waals surface area contributed by atoms with E-state index in [9.17, 15) is 22.8 Å². The Balaban J connectivity index is 2.25. The molecular weight excluding hydrogens is 288 g/mol. The molecule has 0 saturated carbocycles. The van der Waals surface area contributed by atoms with Gasteiger partial charge in [0.25, 0.3) is 11.8 Å². The third-order valence-corrected chi connectivity index (χ3v) is 4.23. The highest BCUT2D eigenvalue weighted by atomic mass is 32.2. The summed E-state index contributed by atoms with van der Waals surface area (Å²) in [5.74, 6) is -1.98. The van der Waals surface area contributed by atoms with Crippen LogP contribution in [0.5, 0.6) is 0 Å². The molecule has 0 saturated heterocycles. The van der Waals surface area contributed by atoms with Gasteiger partial charge in [0, 0.05) is 31.7 Å². The molecule has 3 amide bonds. The first-order valence-electron chi connectivity index (χ1n) is 5.97. The summed E-state index contributed by atoms with van der Waals surface area (Å²) in [6.45, 7) is -0.566. The van der Waals surface area contributed by atoms with Gasteiger partial charge >= 0.3 is 0 Å². The van der Waals surface area contributed by atoms with Crippen molar-refractivity contribution in [1.82, 2.24) is 10.2 Å². The summed E-state index contributed by atoms with van der Waals surface area (Å²) in [5.41, 5.74) is 0. The third-order valence-electron chi connectivity index (χ3n) is 2.60. The van der Waals surface area contributed by atoms with Crippen molar-refractivity contribution in [1.29, 1.82) is 0 Å². The Morgan fingerprint density at radius 3 is 2.35 bits per heavy atom. The summed E-state index contributed by atoms with van der Waals surface area (Å²) in [6.07, 6.45) is 2.17. The zero-order chi connectivity index (χ0) is 15.2. The summed E-state index contributed by atoms with van der Waals surface area (Å²) < 4.78 is 22.5. The molecule has 0 aliphatic carbocycles. The van der Waals surface area contributed by atoms with Crippen molar-refractivity contribution in [2.75, 3.05) is 31.2 Å². The highest BCUT2D eigenvalue weighted by molar-refractivity contribution is 7.91. The van der Waals surface area contributed by atoms with Crippen molar-refractivity contribution >= 4 is 27.6 Å². The van der Waals surface area contributed by atoms with Gasteiger partial charge in [-0.15, -0.1) is 0 Å². The van der Waals surface area contributed by atoms with Gasteiger partial charge in [-0.2, -0.15) is 0 Å². The minimum absolute atomic E-state index is 0.0418. The van der Waals surface area contributed by atoms with E-state index >= 15 is 0 Å². The maximum absolute atomic E-state index is 11.4. The van der Waals surface area contributed by atoms with Crippen molar-refractivity contribution < 1.29 is 27.9 Å². The van der Waals surface area contributed by atoms with Crippen LogP contribution >= 0.6 is 0 Å². The minimum atomic E-state index is -3.37. The number of hydrogen-bond acceptors (Lipinski definition) is 6. The maximum Gasteiger partial charge on any atom is 0.253 e. The van der Waals surface area contributed by atoms with Crippen LogP contribution < -0.4 is 5.32 Å². The van der Waals surface area contributed by atoms with Gasteiger partial charge in [-0.05, 0) is 0 Å². The zero-order valence-electron chi connectivity index (χ0n) is 10.7. The number of rotatable bonds is 8. The van der Waals surface area contributed by atoms with E-state index in [0.29, 0.717) is 0 Å². The van der Waals surface area contributed by atoms with Crippen LogP contribution in [0.3, 0.4) is 0 Å². The topological polar surface area (TPSA) is 121 Å². The lowest BCUT2D eigenvalue weighted by Crippen LogP contribution is -2.36. The summed E-state index contributed by atoms with van der Waals surface area (Å²) in [6, 6.07) is 0. The van der Waals surface area contributed by atoms with Crippen molar-refractivity contribution in [2.45, 2.75) is 6.42 Å². The van der Waals surface area contributed by atoms with Gasteiger partial charge in [0.05, 0.1) is 18.1 Å². The van der Waals surface area contributed by atoms with E-state index in [2.05, 4.69) is 5.32 Å². The smallest absolute Gasteiger partial charge is 0.253 e. The molecule has 0 aromatic heterocycles. The number of sulfone groups is 1. The molecule has 0 unspecified atom stereocenters. The first-order chi connectivity index (χ1) is 9.35. The number of imide groups is 1. The Morgan fingerprint density at radius 1 is 1.20 bits per heavy atom. The van der Waals surface area contributed by atoms with Crippen molar-refractivity contribution in [2.24, 2.45) is 0 Å². The van der Waals surface area contributed by atoms with E-state index in [0.717, 1.165) is 17.1 Å². The third kappa shape index (κ3) is 5.10. The molecule has 20 heavy (non-hydrogen) atoms. The summed E-state index contributed by atoms with van der Waals surface area (Å²) in [4.78, 5) is 34.8. The van der Waals surface area contributed by atoms with E-state index in [1.807, 2.05) is 0 Å². The van der Waals surface area contributed by atoms with Crippen LogP contribution in [-0.4, -0.2) is 67.3 Å². The van der Waals surface area contributed by atoms with E-state index in [4.69, 9.17) is 5.11 Å². The second kappa shape index (κ2) is 7.15. The van der Waals surface area contributed by atoms with Gasteiger partial charge in [0.2, 0.25) is 5.91 Å². The number of carbonyl (C=O) groups excluding carboxylic acids is 3. The highest BCUT2D eigenvalue weighted by Crippen LogP contribution is 2.03. The predicted molar refractivity (Wildman–Crippen MR) is 69.2 cm³/mol. The summed E-state index contributed by atoms with van der Waals surface area (Å²) in [5, 5.41) is 10.9. The second-order valence-corrected chi connectivity index (χ2v) is 6.44. The van der Waals surface area contributed by atoms with E-state index in [-0.39, 0.29) is 31.0 Å². The average molecular weight is 304 g/mol. The van der Waals surface area contributed by atoms with Gasteiger partial charge in [0.15, 0.2) is 9.84 Å². The molecule has 1 rings (SSSR count). The Kier molecular flexibility index (Phi) is 5.83. The standard InChI is InChI=1S/C11H16N2O6S/c14-6-8-20(18,19)7-4-12-9(15)3-5-13-10(16)1-2-11(13)17/h1-2,14H,3-8H2,(H,12,15). The Labute approximate surface area is 116 Å². The number of nitrogens with one attached hydrogen (secondary N) is 1. The molecule has 1 aliphatic heterocycles. The van der Waals surface area contributed by atoms with Crippen molar-refractivity contribution in [3.63, 3.8) is 0 Å². The molecule has 1 aliphatic rings. The summed E-state index contributed by atoms with van der Waals surface area (Å²) >= 11 is 0. The molecule has 1 heterocycles. The summed E-state index contributed by atoms with van der Waals surface area (Å²) in [7, 11) is -3.37. The molecule has 8 nitrogen and oxygen atoms in total. The van der Waals surface area contributed by atoms with Crippen LogP contribution in [-0.2, 0) is 24.2 Å². The lowest BCUT2D eigenvalue weighted by Gasteiger charge is -2.13. The molecule has 0 aromatic rings. The SMILES string of the molecule is O=C(CCN1C(=O)C=CC1=O)NCCS(=O)(=O)CCO. The van der Waals surface area contributed by atoms with E-state index in [1.165, 1.54) is 0 Å². The Morgan fingerprint density at radius 2 is 1.80 bits per heavy atom. The molecule has 0 spiro atoms. The largest absolute Gasteiger partial charge is 0.395 e. The van der Waals surface area contributed by atoms with Crippen molar-refractivity contribution in [3.8, 4) is 0 Å². The number of carbonyl (C=O) groups is 3. The van der Waals surface area contributed by atoms with Gasteiger partial charge in [0.1, 0.15) is 0 Å². The van der Waals surface area contributed by atoms with Crippen molar-refractivity contribution in [3.05, 3.63) is 12.2 Å². The zero-order valence-corrected chi connectivity index (χ0v) is 11.6. The molecular formula is C11H16N2O6S. The number of aliphatic hydroxyl groups excluding tert-OH is 1. The van der Waals surface area contributed by atoms with Crippen LogP contribution in [0.25, 0.3) is 0 Å². The molecule has 0 atom stereocenters. The van der Waals surface area contributed by atoms with Crippen LogP contribution in [0.15, 0.2) is 12.2 Å². The fraction of sp³-hybridized carbons (Fsp3) is 0.545. The normalized spacial score (nSPS) is 14.9. The quantitative estimate of drug-likeness (QED) is 0.492. The molecule has 0 fully saturated rings. The number of aliphatic hydroxyl groups is 1. The molecule has 112 valence electrons.